The molecule has 1 unspecified atom stereocenters. The van der Waals surface area contributed by atoms with Crippen LogP contribution in [0.3, 0.4) is 0 Å². The fourth-order valence-corrected chi connectivity index (χ4v) is 1.84. The number of nitrogens with one attached hydrogen (secondary N) is 1. The highest BCUT2D eigenvalue weighted by Crippen LogP contribution is 2.21. The summed E-state index contributed by atoms with van der Waals surface area (Å²) in [6.45, 7) is 2.04. The third-order valence-corrected chi connectivity index (χ3v) is 2.87. The highest BCUT2D eigenvalue weighted by Gasteiger charge is 2.15. The molecule has 0 saturated heterocycles. The number of rotatable bonds is 3. The van der Waals surface area contributed by atoms with Crippen LogP contribution in [0.25, 0.3) is 0 Å². The van der Waals surface area contributed by atoms with Crippen molar-refractivity contribution < 1.29 is 0 Å². The summed E-state index contributed by atoms with van der Waals surface area (Å²) in [5.74, 6) is 0.0650. The minimum absolute atomic E-state index is 0.0650. The largest absolute Gasteiger partial charge is 0.304 e. The summed E-state index contributed by atoms with van der Waals surface area (Å²) >= 11 is 0. The molecule has 1 atom stereocenters. The first-order chi connectivity index (χ1) is 7.79. The molecule has 1 N–H and O–H groups in total. The second kappa shape index (κ2) is 4.88. The molecule has 2 nitrogen and oxygen atoms in total. The maximum Gasteiger partial charge on any atom is 0.0491 e. The Bertz CT molecular complexity index is 429. The zero-order valence-corrected chi connectivity index (χ0v) is 9.48. The predicted octanol–water partition coefficient (Wildman–Crippen LogP) is 3.48. The van der Waals surface area contributed by atoms with E-state index in [2.05, 4.69) is 17.1 Å². The van der Waals surface area contributed by atoms with E-state index < -0.39 is 0 Å². The molecule has 1 aromatic heterocycles. The van der Waals surface area contributed by atoms with Crippen molar-refractivity contribution in [2.24, 2.45) is 0 Å². The summed E-state index contributed by atoms with van der Waals surface area (Å²) in [5.41, 5.74) is 2.67. The van der Waals surface area contributed by atoms with Gasteiger partial charge >= 0.3 is 0 Å². The Morgan fingerprint density at radius 3 is 2.88 bits per heavy atom. The summed E-state index contributed by atoms with van der Waals surface area (Å²) < 4.78 is 0. The van der Waals surface area contributed by atoms with E-state index >= 15 is 0 Å². The fourth-order valence-electron chi connectivity index (χ4n) is 1.84. The van der Waals surface area contributed by atoms with Crippen LogP contribution in [0.4, 0.5) is 0 Å². The van der Waals surface area contributed by atoms with E-state index in [9.17, 15) is 0 Å². The van der Waals surface area contributed by atoms with E-state index in [0.717, 1.165) is 24.1 Å². The van der Waals surface area contributed by atoms with Crippen molar-refractivity contribution >= 4 is 5.71 Å². The SMILES string of the molecule is CC(C(=N)C1=CCCC=C1)c1ccccn1. The summed E-state index contributed by atoms with van der Waals surface area (Å²) in [6, 6.07) is 5.85. The van der Waals surface area contributed by atoms with Gasteiger partial charge in [-0.3, -0.25) is 4.98 Å². The minimum atomic E-state index is 0.0650. The second-order valence-corrected chi connectivity index (χ2v) is 4.03. The molecule has 82 valence electrons. The molecule has 1 aromatic rings. The summed E-state index contributed by atoms with van der Waals surface area (Å²) in [6.07, 6.45) is 10.2. The van der Waals surface area contributed by atoms with Gasteiger partial charge in [-0.2, -0.15) is 0 Å². The van der Waals surface area contributed by atoms with Gasteiger partial charge in [0.2, 0.25) is 0 Å². The molecule has 0 amide bonds. The average molecular weight is 212 g/mol. The molecule has 1 heterocycles. The molecule has 0 fully saturated rings. The lowest BCUT2D eigenvalue weighted by atomic mass is 9.92. The van der Waals surface area contributed by atoms with Gasteiger partial charge in [0.25, 0.3) is 0 Å². The average Bonchev–Trinajstić information content (AvgIpc) is 2.39. The van der Waals surface area contributed by atoms with Crippen LogP contribution in [0, 0.1) is 5.41 Å². The molecule has 0 saturated carbocycles. The van der Waals surface area contributed by atoms with Crippen LogP contribution < -0.4 is 0 Å². The Morgan fingerprint density at radius 2 is 2.25 bits per heavy atom. The smallest absolute Gasteiger partial charge is 0.0491 e. The molecule has 2 heteroatoms. The summed E-state index contributed by atoms with van der Waals surface area (Å²) in [4.78, 5) is 4.30. The van der Waals surface area contributed by atoms with Crippen LogP contribution in [-0.2, 0) is 0 Å². The highest BCUT2D eigenvalue weighted by molar-refractivity contribution is 6.04. The van der Waals surface area contributed by atoms with Crippen LogP contribution >= 0.6 is 0 Å². The summed E-state index contributed by atoms with van der Waals surface area (Å²) in [7, 11) is 0. The predicted molar refractivity (Wildman–Crippen MR) is 66.8 cm³/mol. The molecular formula is C14H16N2. The van der Waals surface area contributed by atoms with Crippen LogP contribution in [-0.4, -0.2) is 10.7 Å². The minimum Gasteiger partial charge on any atom is -0.304 e. The number of allylic oxidation sites excluding steroid dienone is 4. The molecule has 0 bridgehead atoms. The van der Waals surface area contributed by atoms with Crippen molar-refractivity contribution in [2.45, 2.75) is 25.7 Å². The number of pyridine rings is 1. The molecule has 0 radical (unpaired) electrons. The first-order valence-corrected chi connectivity index (χ1v) is 5.65. The fraction of sp³-hybridized carbons (Fsp3) is 0.286. The van der Waals surface area contributed by atoms with E-state index in [4.69, 9.17) is 5.41 Å². The molecule has 1 aliphatic carbocycles. The zero-order chi connectivity index (χ0) is 11.4. The topological polar surface area (TPSA) is 36.7 Å². The Kier molecular flexibility index (Phi) is 3.30. The Hall–Kier alpha value is -1.70. The van der Waals surface area contributed by atoms with Crippen molar-refractivity contribution in [3.05, 3.63) is 53.9 Å². The van der Waals surface area contributed by atoms with E-state index in [0.29, 0.717) is 5.71 Å². The van der Waals surface area contributed by atoms with Crippen molar-refractivity contribution in [3.8, 4) is 0 Å². The first-order valence-electron chi connectivity index (χ1n) is 5.65. The maximum absolute atomic E-state index is 8.17. The Labute approximate surface area is 96.2 Å². The number of aromatic nitrogens is 1. The normalized spacial score (nSPS) is 16.7. The Balaban J connectivity index is 2.16. The van der Waals surface area contributed by atoms with Gasteiger partial charge < -0.3 is 5.41 Å². The number of hydrogen-bond acceptors (Lipinski definition) is 2. The van der Waals surface area contributed by atoms with Gasteiger partial charge in [-0.15, -0.1) is 0 Å². The van der Waals surface area contributed by atoms with Gasteiger partial charge in [0.05, 0.1) is 0 Å². The van der Waals surface area contributed by atoms with Crippen LogP contribution in [0.5, 0.6) is 0 Å². The van der Waals surface area contributed by atoms with Crippen molar-refractivity contribution in [1.82, 2.24) is 4.98 Å². The summed E-state index contributed by atoms with van der Waals surface area (Å²) in [5, 5.41) is 8.17. The first kappa shape index (κ1) is 10.8. The van der Waals surface area contributed by atoms with E-state index in [-0.39, 0.29) is 5.92 Å². The molecule has 0 spiro atoms. The van der Waals surface area contributed by atoms with Crippen molar-refractivity contribution in [2.75, 3.05) is 0 Å². The third-order valence-electron chi connectivity index (χ3n) is 2.87. The molecular weight excluding hydrogens is 196 g/mol. The quantitative estimate of drug-likeness (QED) is 0.765. The van der Waals surface area contributed by atoms with E-state index in [1.54, 1.807) is 6.20 Å². The lowest BCUT2D eigenvalue weighted by molar-refractivity contribution is 0.935. The van der Waals surface area contributed by atoms with Crippen molar-refractivity contribution in [1.29, 1.82) is 5.41 Å². The van der Waals surface area contributed by atoms with Gasteiger partial charge in [-0.25, -0.2) is 0 Å². The van der Waals surface area contributed by atoms with Gasteiger partial charge in [-0.05, 0) is 30.5 Å². The number of hydrogen-bond donors (Lipinski definition) is 1. The Morgan fingerprint density at radius 1 is 1.38 bits per heavy atom. The zero-order valence-electron chi connectivity index (χ0n) is 9.48. The van der Waals surface area contributed by atoms with Crippen LogP contribution in [0.1, 0.15) is 31.4 Å². The molecule has 1 aliphatic rings. The van der Waals surface area contributed by atoms with Gasteiger partial charge in [0.15, 0.2) is 0 Å². The standard InChI is InChI=1S/C14H16N2/c1-11(13-9-5-6-10-16-13)14(15)12-7-3-2-4-8-12/h3,5-11,15H,2,4H2,1H3. The van der Waals surface area contributed by atoms with Crippen LogP contribution in [0.2, 0.25) is 0 Å². The van der Waals surface area contributed by atoms with Gasteiger partial charge in [0, 0.05) is 23.5 Å². The molecule has 16 heavy (non-hydrogen) atoms. The molecule has 0 aromatic carbocycles. The maximum atomic E-state index is 8.17. The second-order valence-electron chi connectivity index (χ2n) is 4.03. The van der Waals surface area contributed by atoms with Crippen LogP contribution in [0.15, 0.2) is 48.2 Å². The molecule has 2 rings (SSSR count). The van der Waals surface area contributed by atoms with Gasteiger partial charge in [-0.1, -0.05) is 31.2 Å². The lowest BCUT2D eigenvalue weighted by Gasteiger charge is -2.15. The van der Waals surface area contributed by atoms with Crippen molar-refractivity contribution in [3.63, 3.8) is 0 Å². The molecule has 0 aliphatic heterocycles. The van der Waals surface area contributed by atoms with E-state index in [1.165, 1.54) is 0 Å². The third kappa shape index (κ3) is 2.27. The highest BCUT2D eigenvalue weighted by atomic mass is 14.7. The number of nitrogens with zero attached hydrogens (tertiary/aromatic N) is 1. The van der Waals surface area contributed by atoms with E-state index in [1.807, 2.05) is 31.2 Å². The lowest BCUT2D eigenvalue weighted by Crippen LogP contribution is -2.12. The van der Waals surface area contributed by atoms with Gasteiger partial charge in [0.1, 0.15) is 0 Å². The monoisotopic (exact) mass is 212 g/mol.